The van der Waals surface area contributed by atoms with Crippen LogP contribution in [0.15, 0.2) is 172 Å². The fraction of sp³-hybridized carbons (Fsp3) is 0.0233. The second kappa shape index (κ2) is 9.74. The highest BCUT2D eigenvalue weighted by atomic mass is 32.2. The van der Waals surface area contributed by atoms with E-state index in [2.05, 4.69) is 157 Å². The third-order valence-corrected chi connectivity index (χ3v) is 10.9. The number of para-hydroxylation sites is 1. The summed E-state index contributed by atoms with van der Waals surface area (Å²) in [5.74, 6) is 0. The summed E-state index contributed by atoms with van der Waals surface area (Å²) >= 11 is 1.87. The molecule has 1 N–H and O–H groups in total. The van der Waals surface area contributed by atoms with Crippen molar-refractivity contribution in [1.29, 1.82) is 0 Å². The maximum absolute atomic E-state index is 6.56. The largest absolute Gasteiger partial charge is 0.455 e. The number of benzene rings is 7. The van der Waals surface area contributed by atoms with E-state index in [0.29, 0.717) is 0 Å². The number of nitrogens with one attached hydrogen (secondary N) is 1. The normalized spacial score (nSPS) is 13.7. The average molecular weight is 606 g/mol. The molecule has 7 aromatic carbocycles. The molecular formula is C43H27NOS. The molecule has 0 unspecified atom stereocenters. The van der Waals surface area contributed by atoms with Gasteiger partial charge in [-0.1, -0.05) is 127 Å². The van der Waals surface area contributed by atoms with E-state index >= 15 is 0 Å². The molecule has 0 saturated heterocycles. The Morgan fingerprint density at radius 3 is 1.96 bits per heavy atom. The molecule has 0 amide bonds. The topological polar surface area (TPSA) is 25.2 Å². The van der Waals surface area contributed by atoms with Crippen LogP contribution in [0.3, 0.4) is 0 Å². The first kappa shape index (κ1) is 25.8. The first-order valence-electron chi connectivity index (χ1n) is 15.7. The number of fused-ring (bicyclic) bond motifs is 12. The molecular weight excluding hydrogens is 579 g/mol. The summed E-state index contributed by atoms with van der Waals surface area (Å²) in [7, 11) is 0. The molecule has 3 heteroatoms. The van der Waals surface area contributed by atoms with Gasteiger partial charge in [-0.05, 0) is 81.4 Å². The third-order valence-electron chi connectivity index (χ3n) is 9.74. The molecule has 0 atom stereocenters. The predicted molar refractivity (Wildman–Crippen MR) is 190 cm³/mol. The monoisotopic (exact) mass is 605 g/mol. The fourth-order valence-corrected chi connectivity index (χ4v) is 9.04. The summed E-state index contributed by atoms with van der Waals surface area (Å²) in [4.78, 5) is 2.60. The summed E-state index contributed by atoms with van der Waals surface area (Å²) in [5.41, 5.74) is 13.7. The van der Waals surface area contributed by atoms with Crippen LogP contribution in [-0.4, -0.2) is 0 Å². The van der Waals surface area contributed by atoms with Crippen LogP contribution in [0.1, 0.15) is 22.3 Å². The standard InChI is InChI=1S/C43H27NOS/c1-2-12-27(13-3-1)29-23-24-37(41-32-16-6-10-20-38(32)45-42(29)41)44-28-22-25-40-36(26-28)43(35-19-9-11-21-39(35)46-40)33-17-7-4-14-30(33)31-15-5-8-18-34(31)43/h1-26,44H. The van der Waals surface area contributed by atoms with Crippen molar-refractivity contribution in [3.05, 3.63) is 180 Å². The van der Waals surface area contributed by atoms with Crippen LogP contribution >= 0.6 is 11.8 Å². The van der Waals surface area contributed by atoms with Gasteiger partial charge in [-0.15, -0.1) is 0 Å². The van der Waals surface area contributed by atoms with Crippen molar-refractivity contribution in [2.75, 3.05) is 5.32 Å². The Bertz CT molecular complexity index is 2450. The molecule has 10 rings (SSSR count). The van der Waals surface area contributed by atoms with Gasteiger partial charge >= 0.3 is 0 Å². The van der Waals surface area contributed by atoms with Gasteiger partial charge in [-0.2, -0.15) is 0 Å². The molecule has 2 heterocycles. The van der Waals surface area contributed by atoms with Crippen molar-refractivity contribution in [2.45, 2.75) is 15.2 Å². The van der Waals surface area contributed by atoms with Gasteiger partial charge in [0.15, 0.2) is 0 Å². The van der Waals surface area contributed by atoms with Gasteiger partial charge in [0.2, 0.25) is 0 Å². The van der Waals surface area contributed by atoms with Crippen LogP contribution in [-0.2, 0) is 5.41 Å². The van der Waals surface area contributed by atoms with E-state index in [1.807, 2.05) is 17.8 Å². The molecule has 0 saturated carbocycles. The second-order valence-corrected chi connectivity index (χ2v) is 13.2. The average Bonchev–Trinajstić information content (AvgIpc) is 3.65. The number of hydrogen-bond acceptors (Lipinski definition) is 3. The summed E-state index contributed by atoms with van der Waals surface area (Å²) < 4.78 is 6.56. The minimum absolute atomic E-state index is 0.406. The second-order valence-electron chi connectivity index (χ2n) is 12.1. The number of rotatable bonds is 3. The molecule has 46 heavy (non-hydrogen) atoms. The zero-order valence-electron chi connectivity index (χ0n) is 24.8. The molecule has 1 spiro atoms. The Labute approximate surface area is 271 Å². The third kappa shape index (κ3) is 3.49. The van der Waals surface area contributed by atoms with Gasteiger partial charge in [-0.3, -0.25) is 0 Å². The van der Waals surface area contributed by atoms with E-state index in [1.165, 1.54) is 43.2 Å². The van der Waals surface area contributed by atoms with E-state index in [-0.39, 0.29) is 0 Å². The quantitative estimate of drug-likeness (QED) is 0.217. The Morgan fingerprint density at radius 1 is 0.500 bits per heavy atom. The van der Waals surface area contributed by atoms with Crippen molar-refractivity contribution in [3.63, 3.8) is 0 Å². The Hall–Kier alpha value is -5.51. The van der Waals surface area contributed by atoms with E-state index in [4.69, 9.17) is 4.42 Å². The first-order chi connectivity index (χ1) is 22.8. The summed E-state index contributed by atoms with van der Waals surface area (Å²) in [6.45, 7) is 0. The molecule has 0 bridgehead atoms. The van der Waals surface area contributed by atoms with Crippen LogP contribution in [0.4, 0.5) is 11.4 Å². The Balaban J connectivity index is 1.20. The van der Waals surface area contributed by atoms with E-state index in [0.717, 1.165) is 44.4 Å². The van der Waals surface area contributed by atoms with Crippen molar-refractivity contribution >= 4 is 45.1 Å². The van der Waals surface area contributed by atoms with Crippen LogP contribution in [0.25, 0.3) is 44.2 Å². The van der Waals surface area contributed by atoms with Crippen LogP contribution in [0.2, 0.25) is 0 Å². The van der Waals surface area contributed by atoms with Gasteiger partial charge in [0.25, 0.3) is 0 Å². The van der Waals surface area contributed by atoms with Gasteiger partial charge < -0.3 is 9.73 Å². The smallest absolute Gasteiger partial charge is 0.145 e. The van der Waals surface area contributed by atoms with Crippen molar-refractivity contribution in [3.8, 4) is 22.3 Å². The highest BCUT2D eigenvalue weighted by Gasteiger charge is 2.50. The number of furan rings is 1. The summed E-state index contributed by atoms with van der Waals surface area (Å²) in [6.07, 6.45) is 0. The van der Waals surface area contributed by atoms with Crippen LogP contribution < -0.4 is 5.32 Å². The minimum atomic E-state index is -0.406. The van der Waals surface area contributed by atoms with Gasteiger partial charge in [-0.25, -0.2) is 0 Å². The highest BCUT2D eigenvalue weighted by Crippen LogP contribution is 2.62. The van der Waals surface area contributed by atoms with Gasteiger partial charge in [0, 0.05) is 26.4 Å². The zero-order chi connectivity index (χ0) is 30.2. The Kier molecular flexibility index (Phi) is 5.46. The number of hydrogen-bond donors (Lipinski definition) is 1. The van der Waals surface area contributed by atoms with Gasteiger partial charge in [0.05, 0.1) is 16.5 Å². The molecule has 2 nitrogen and oxygen atoms in total. The van der Waals surface area contributed by atoms with Crippen molar-refractivity contribution in [1.82, 2.24) is 0 Å². The zero-order valence-corrected chi connectivity index (χ0v) is 25.6. The molecule has 216 valence electrons. The lowest BCUT2D eigenvalue weighted by atomic mass is 9.67. The summed E-state index contributed by atoms with van der Waals surface area (Å²) in [6, 6.07) is 57.0. The molecule has 0 fully saturated rings. The number of anilines is 2. The minimum Gasteiger partial charge on any atom is -0.455 e. The first-order valence-corrected chi connectivity index (χ1v) is 16.5. The lowest BCUT2D eigenvalue weighted by Gasteiger charge is -2.40. The van der Waals surface area contributed by atoms with E-state index < -0.39 is 5.41 Å². The highest BCUT2D eigenvalue weighted by molar-refractivity contribution is 7.99. The van der Waals surface area contributed by atoms with Crippen molar-refractivity contribution < 1.29 is 4.42 Å². The van der Waals surface area contributed by atoms with E-state index in [9.17, 15) is 0 Å². The fourth-order valence-electron chi connectivity index (χ4n) is 7.87. The Morgan fingerprint density at radius 2 is 1.15 bits per heavy atom. The lowest BCUT2D eigenvalue weighted by Crippen LogP contribution is -2.32. The van der Waals surface area contributed by atoms with E-state index in [1.54, 1.807) is 0 Å². The molecule has 1 aromatic heterocycles. The maximum atomic E-state index is 6.56. The molecule has 1 aliphatic carbocycles. The molecule has 1 aliphatic heterocycles. The van der Waals surface area contributed by atoms with Gasteiger partial charge in [0.1, 0.15) is 11.2 Å². The van der Waals surface area contributed by atoms with Crippen molar-refractivity contribution in [2.24, 2.45) is 0 Å². The summed E-state index contributed by atoms with van der Waals surface area (Å²) in [5, 5.41) is 6.07. The predicted octanol–water partition coefficient (Wildman–Crippen LogP) is 11.8. The van der Waals surface area contributed by atoms with Crippen LogP contribution in [0, 0.1) is 0 Å². The SMILES string of the molecule is c1ccc(-c2ccc(Nc3ccc4c(c3)C3(c5ccccc5S4)c4ccccc4-c4ccccc43)c3c2oc2ccccc23)cc1. The van der Waals surface area contributed by atoms with Crippen LogP contribution in [0.5, 0.6) is 0 Å². The molecule has 2 aliphatic rings. The maximum Gasteiger partial charge on any atom is 0.145 e. The molecule has 0 radical (unpaired) electrons. The lowest BCUT2D eigenvalue weighted by molar-refractivity contribution is 0.670. The molecule has 8 aromatic rings.